The molecule has 1 aromatic carbocycles. The van der Waals surface area contributed by atoms with Gasteiger partial charge in [0.25, 0.3) is 0 Å². The second-order valence-corrected chi connectivity index (χ2v) is 7.96. The van der Waals surface area contributed by atoms with Crippen molar-refractivity contribution in [3.8, 4) is 0 Å². The molecule has 2 rings (SSSR count). The van der Waals surface area contributed by atoms with E-state index in [-0.39, 0.29) is 28.8 Å². The first kappa shape index (κ1) is 18.7. The van der Waals surface area contributed by atoms with Crippen molar-refractivity contribution in [2.75, 3.05) is 17.7 Å². The van der Waals surface area contributed by atoms with Gasteiger partial charge in [-0.3, -0.25) is 0 Å². The molecule has 0 atom stereocenters. The number of nitrogens with one attached hydrogen (secondary N) is 1. The molecule has 0 spiro atoms. The number of nitrogens with zero attached hydrogens (tertiary/aromatic N) is 2. The minimum atomic E-state index is -3.32. The van der Waals surface area contributed by atoms with Crippen molar-refractivity contribution in [1.29, 1.82) is 0 Å². The molecular weight excluding hydrogens is 344 g/mol. The van der Waals surface area contributed by atoms with E-state index in [1.165, 1.54) is 18.3 Å². The third-order valence-corrected chi connectivity index (χ3v) is 5.54. The maximum atomic E-state index is 12.1. The van der Waals surface area contributed by atoms with E-state index in [0.717, 1.165) is 0 Å². The van der Waals surface area contributed by atoms with Gasteiger partial charge in [0.1, 0.15) is 11.4 Å². The van der Waals surface area contributed by atoms with Crippen LogP contribution in [0.3, 0.4) is 0 Å². The smallest absolute Gasteiger partial charge is 0.343 e. The zero-order valence-electron chi connectivity index (χ0n) is 14.2. The molecule has 1 aromatic heterocycles. The van der Waals surface area contributed by atoms with Crippen LogP contribution in [0.25, 0.3) is 0 Å². The van der Waals surface area contributed by atoms with Gasteiger partial charge < -0.3 is 15.8 Å². The van der Waals surface area contributed by atoms with Gasteiger partial charge in [-0.05, 0) is 45.0 Å². The van der Waals surface area contributed by atoms with Crippen molar-refractivity contribution in [3.05, 3.63) is 36.0 Å². The van der Waals surface area contributed by atoms with E-state index < -0.39 is 21.1 Å². The van der Waals surface area contributed by atoms with E-state index in [1.807, 2.05) is 0 Å². The molecule has 25 heavy (non-hydrogen) atoms. The molecule has 0 radical (unpaired) electrons. The Balaban J connectivity index is 2.18. The maximum Gasteiger partial charge on any atom is 0.343 e. The van der Waals surface area contributed by atoms with Crippen LogP contribution in [0, 0.1) is 0 Å². The van der Waals surface area contributed by atoms with Gasteiger partial charge in [0, 0.05) is 11.9 Å². The summed E-state index contributed by atoms with van der Waals surface area (Å²) in [5, 5.41) is 2.41. The standard InChI is InChI=1S/C16H20N4O4S/c1-4-24-15(21)13-9-18-16(20-14(13)17)19-11-5-7-12(8-6-11)25(22,23)10(2)3/h5-10H,4H2,1-3H3,(H3,17,18,19,20). The van der Waals surface area contributed by atoms with Gasteiger partial charge in [-0.2, -0.15) is 4.98 Å². The van der Waals surface area contributed by atoms with E-state index in [9.17, 15) is 13.2 Å². The van der Waals surface area contributed by atoms with Crippen LogP contribution < -0.4 is 11.1 Å². The van der Waals surface area contributed by atoms with E-state index in [1.54, 1.807) is 32.9 Å². The van der Waals surface area contributed by atoms with Gasteiger partial charge in [-0.25, -0.2) is 18.2 Å². The molecule has 0 aliphatic carbocycles. The van der Waals surface area contributed by atoms with Crippen molar-refractivity contribution in [2.45, 2.75) is 30.9 Å². The fraction of sp³-hybridized carbons (Fsp3) is 0.312. The summed E-state index contributed by atoms with van der Waals surface area (Å²) in [6.45, 7) is 5.17. The topological polar surface area (TPSA) is 124 Å². The molecule has 1 heterocycles. The summed E-state index contributed by atoms with van der Waals surface area (Å²) in [5.41, 5.74) is 6.43. The molecular formula is C16H20N4O4S. The van der Waals surface area contributed by atoms with Crippen LogP contribution in [-0.4, -0.2) is 36.2 Å². The molecule has 0 aliphatic heterocycles. The number of rotatable bonds is 6. The summed E-state index contributed by atoms with van der Waals surface area (Å²) < 4.78 is 29.0. The van der Waals surface area contributed by atoms with Crippen molar-refractivity contribution >= 4 is 33.3 Å². The van der Waals surface area contributed by atoms with Gasteiger partial charge >= 0.3 is 5.97 Å². The summed E-state index contributed by atoms with van der Waals surface area (Å²) in [7, 11) is -3.32. The molecule has 0 amide bonds. The van der Waals surface area contributed by atoms with Crippen LogP contribution in [0.2, 0.25) is 0 Å². The van der Waals surface area contributed by atoms with Crippen LogP contribution in [0.5, 0.6) is 0 Å². The normalized spacial score (nSPS) is 11.4. The maximum absolute atomic E-state index is 12.1. The van der Waals surface area contributed by atoms with Gasteiger partial charge in [0.2, 0.25) is 5.95 Å². The minimum Gasteiger partial charge on any atom is -0.462 e. The molecule has 3 N–H and O–H groups in total. The molecule has 0 aliphatic rings. The van der Waals surface area contributed by atoms with E-state index in [4.69, 9.17) is 10.5 Å². The zero-order valence-corrected chi connectivity index (χ0v) is 15.0. The average Bonchev–Trinajstić information content (AvgIpc) is 2.55. The quantitative estimate of drug-likeness (QED) is 0.747. The fourth-order valence-electron chi connectivity index (χ4n) is 1.95. The molecule has 0 fully saturated rings. The number of benzene rings is 1. The molecule has 0 saturated heterocycles. The fourth-order valence-corrected chi connectivity index (χ4v) is 3.01. The Labute approximate surface area is 146 Å². The Morgan fingerprint density at radius 1 is 1.28 bits per heavy atom. The van der Waals surface area contributed by atoms with Crippen molar-refractivity contribution in [1.82, 2.24) is 9.97 Å². The van der Waals surface area contributed by atoms with E-state index >= 15 is 0 Å². The SMILES string of the molecule is CCOC(=O)c1cnc(Nc2ccc(S(=O)(=O)C(C)C)cc2)nc1N. The second kappa shape index (κ2) is 7.47. The highest BCUT2D eigenvalue weighted by Gasteiger charge is 2.19. The second-order valence-electron chi connectivity index (χ2n) is 5.46. The van der Waals surface area contributed by atoms with Gasteiger partial charge in [0.05, 0.1) is 16.8 Å². The van der Waals surface area contributed by atoms with Crippen LogP contribution in [0.1, 0.15) is 31.1 Å². The average molecular weight is 364 g/mol. The number of hydrogen-bond donors (Lipinski definition) is 2. The number of nitrogen functional groups attached to an aromatic ring is 1. The van der Waals surface area contributed by atoms with Crippen molar-refractivity contribution in [3.63, 3.8) is 0 Å². The highest BCUT2D eigenvalue weighted by Crippen LogP contribution is 2.21. The first-order valence-electron chi connectivity index (χ1n) is 7.66. The van der Waals surface area contributed by atoms with Gasteiger partial charge in [0.15, 0.2) is 9.84 Å². The van der Waals surface area contributed by atoms with E-state index in [2.05, 4.69) is 15.3 Å². The lowest BCUT2D eigenvalue weighted by Gasteiger charge is -2.10. The highest BCUT2D eigenvalue weighted by molar-refractivity contribution is 7.92. The molecule has 0 unspecified atom stereocenters. The Morgan fingerprint density at radius 3 is 2.44 bits per heavy atom. The predicted octanol–water partition coefficient (Wildman–Crippen LogP) is 2.16. The Kier molecular flexibility index (Phi) is 5.58. The lowest BCUT2D eigenvalue weighted by molar-refractivity contribution is 0.0527. The zero-order chi connectivity index (χ0) is 18.6. The number of nitrogens with two attached hydrogens (primary N) is 1. The predicted molar refractivity (Wildman–Crippen MR) is 94.4 cm³/mol. The number of anilines is 3. The van der Waals surface area contributed by atoms with Crippen LogP contribution in [0.4, 0.5) is 17.5 Å². The van der Waals surface area contributed by atoms with Crippen LogP contribution in [0.15, 0.2) is 35.4 Å². The number of ether oxygens (including phenoxy) is 1. The lowest BCUT2D eigenvalue weighted by Crippen LogP contribution is -2.14. The largest absolute Gasteiger partial charge is 0.462 e. The Hall–Kier alpha value is -2.68. The Morgan fingerprint density at radius 2 is 1.92 bits per heavy atom. The molecule has 134 valence electrons. The van der Waals surface area contributed by atoms with Gasteiger partial charge in [-0.15, -0.1) is 0 Å². The summed E-state index contributed by atoms with van der Waals surface area (Å²) in [6, 6.07) is 6.23. The third-order valence-electron chi connectivity index (χ3n) is 3.37. The van der Waals surface area contributed by atoms with E-state index in [0.29, 0.717) is 5.69 Å². The number of hydrogen-bond acceptors (Lipinski definition) is 8. The van der Waals surface area contributed by atoms with Crippen molar-refractivity contribution in [2.24, 2.45) is 0 Å². The molecule has 2 aromatic rings. The molecule has 0 bridgehead atoms. The number of carbonyl (C=O) groups is 1. The lowest BCUT2D eigenvalue weighted by atomic mass is 10.3. The number of aromatic nitrogens is 2. The van der Waals surface area contributed by atoms with Gasteiger partial charge in [-0.1, -0.05) is 0 Å². The van der Waals surface area contributed by atoms with Crippen LogP contribution in [-0.2, 0) is 14.6 Å². The number of sulfone groups is 1. The number of carbonyl (C=O) groups excluding carboxylic acids is 1. The summed E-state index contributed by atoms with van der Waals surface area (Å²) in [5.74, 6) is -0.408. The number of esters is 1. The molecule has 8 nitrogen and oxygen atoms in total. The monoisotopic (exact) mass is 364 g/mol. The molecule has 0 saturated carbocycles. The third kappa shape index (κ3) is 4.24. The van der Waals surface area contributed by atoms with Crippen molar-refractivity contribution < 1.29 is 17.9 Å². The molecule has 9 heteroatoms. The summed E-state index contributed by atoms with van der Waals surface area (Å²) >= 11 is 0. The first-order valence-corrected chi connectivity index (χ1v) is 9.21. The first-order chi connectivity index (χ1) is 11.8. The van der Waals surface area contributed by atoms with Crippen LogP contribution >= 0.6 is 0 Å². The highest BCUT2D eigenvalue weighted by atomic mass is 32.2. The Bertz CT molecular complexity index is 864. The minimum absolute atomic E-state index is 0.00467. The summed E-state index contributed by atoms with van der Waals surface area (Å²) in [6.07, 6.45) is 1.28. The summed E-state index contributed by atoms with van der Waals surface area (Å²) in [4.78, 5) is 19.9.